The third-order valence-corrected chi connectivity index (χ3v) is 3.95. The van der Waals surface area contributed by atoms with Crippen LogP contribution in [0.25, 0.3) is 0 Å². The molecule has 0 atom stereocenters. The second-order valence-corrected chi connectivity index (χ2v) is 6.19. The Morgan fingerprint density at radius 2 is 1.96 bits per heavy atom. The molecular formula is C20H25ClN2O3. The summed E-state index contributed by atoms with van der Waals surface area (Å²) in [6, 6.07) is 13.4. The van der Waals surface area contributed by atoms with Gasteiger partial charge in [0, 0.05) is 13.2 Å². The van der Waals surface area contributed by atoms with Gasteiger partial charge < -0.3 is 20.1 Å². The third-order valence-electron chi connectivity index (χ3n) is 3.66. The molecule has 0 saturated heterocycles. The van der Waals surface area contributed by atoms with Crippen molar-refractivity contribution in [3.8, 4) is 5.75 Å². The van der Waals surface area contributed by atoms with Crippen molar-refractivity contribution >= 4 is 23.2 Å². The fourth-order valence-corrected chi connectivity index (χ4v) is 2.63. The molecule has 0 unspecified atom stereocenters. The Bertz CT molecular complexity index is 722. The maximum atomic E-state index is 12.1. The van der Waals surface area contributed by atoms with Gasteiger partial charge in [0.05, 0.1) is 23.9 Å². The monoisotopic (exact) mass is 376 g/mol. The van der Waals surface area contributed by atoms with Crippen molar-refractivity contribution in [2.45, 2.75) is 20.4 Å². The van der Waals surface area contributed by atoms with Crippen LogP contribution in [0.3, 0.4) is 0 Å². The lowest BCUT2D eigenvalue weighted by atomic mass is 10.1. The third kappa shape index (κ3) is 6.58. The number of para-hydroxylation sites is 1. The minimum absolute atomic E-state index is 0.105. The summed E-state index contributed by atoms with van der Waals surface area (Å²) in [6.45, 7) is 6.10. The first-order valence-electron chi connectivity index (χ1n) is 8.65. The predicted molar refractivity (Wildman–Crippen MR) is 105 cm³/mol. The summed E-state index contributed by atoms with van der Waals surface area (Å²) in [5.74, 6) is 0.423. The molecule has 0 aliphatic carbocycles. The fraction of sp³-hybridized carbons (Fsp3) is 0.350. The molecule has 0 aromatic heterocycles. The molecule has 0 spiro atoms. The van der Waals surface area contributed by atoms with E-state index in [9.17, 15) is 4.79 Å². The van der Waals surface area contributed by atoms with Gasteiger partial charge in [-0.15, -0.1) is 0 Å². The minimum atomic E-state index is -0.105. The van der Waals surface area contributed by atoms with Crippen molar-refractivity contribution in [3.05, 3.63) is 58.6 Å². The summed E-state index contributed by atoms with van der Waals surface area (Å²) in [7, 11) is 0. The van der Waals surface area contributed by atoms with Crippen LogP contribution >= 0.6 is 11.6 Å². The van der Waals surface area contributed by atoms with Crippen LogP contribution in [0.1, 0.15) is 18.1 Å². The van der Waals surface area contributed by atoms with Crippen molar-refractivity contribution in [1.29, 1.82) is 0 Å². The van der Waals surface area contributed by atoms with Gasteiger partial charge in [-0.3, -0.25) is 4.79 Å². The van der Waals surface area contributed by atoms with E-state index >= 15 is 0 Å². The summed E-state index contributed by atoms with van der Waals surface area (Å²) >= 11 is 6.21. The minimum Gasteiger partial charge on any atom is -0.487 e. The first kappa shape index (κ1) is 20.1. The molecule has 0 saturated carbocycles. The second kappa shape index (κ2) is 10.7. The topological polar surface area (TPSA) is 59.6 Å². The molecule has 0 aliphatic rings. The maximum Gasteiger partial charge on any atom is 0.239 e. The summed E-state index contributed by atoms with van der Waals surface area (Å²) in [6.07, 6.45) is 0. The van der Waals surface area contributed by atoms with Gasteiger partial charge >= 0.3 is 0 Å². The average Bonchev–Trinajstić information content (AvgIpc) is 2.63. The number of carbonyl (C=O) groups excluding carboxylic acids is 1. The van der Waals surface area contributed by atoms with E-state index in [1.807, 2.05) is 44.2 Å². The number of benzene rings is 2. The Morgan fingerprint density at radius 1 is 1.15 bits per heavy atom. The molecule has 140 valence electrons. The summed E-state index contributed by atoms with van der Waals surface area (Å²) in [5, 5.41) is 6.47. The van der Waals surface area contributed by atoms with Gasteiger partial charge in [-0.05, 0) is 31.5 Å². The summed E-state index contributed by atoms with van der Waals surface area (Å²) in [5.41, 5.74) is 2.92. The second-order valence-electron chi connectivity index (χ2n) is 5.78. The molecule has 6 heteroatoms. The van der Waals surface area contributed by atoms with Crippen molar-refractivity contribution in [2.75, 3.05) is 31.7 Å². The van der Waals surface area contributed by atoms with Crippen LogP contribution < -0.4 is 15.4 Å². The number of rotatable bonds is 10. The number of carbonyl (C=O) groups is 1. The normalized spacial score (nSPS) is 10.4. The Balaban J connectivity index is 1.85. The fourth-order valence-electron chi connectivity index (χ4n) is 2.40. The van der Waals surface area contributed by atoms with E-state index in [2.05, 4.69) is 16.7 Å². The lowest BCUT2D eigenvalue weighted by Gasteiger charge is -2.15. The molecule has 5 nitrogen and oxygen atoms in total. The summed E-state index contributed by atoms with van der Waals surface area (Å²) in [4.78, 5) is 12.1. The number of halogens is 1. The number of hydrogen-bond donors (Lipinski definition) is 2. The molecule has 2 aromatic carbocycles. The molecular weight excluding hydrogens is 352 g/mol. The molecule has 2 aromatic rings. The van der Waals surface area contributed by atoms with Gasteiger partial charge in [0.2, 0.25) is 5.91 Å². The van der Waals surface area contributed by atoms with Crippen LogP contribution in [0.5, 0.6) is 5.75 Å². The van der Waals surface area contributed by atoms with Gasteiger partial charge in [-0.2, -0.15) is 0 Å². The molecule has 0 aliphatic heterocycles. The van der Waals surface area contributed by atoms with Crippen LogP contribution in [-0.4, -0.2) is 32.3 Å². The lowest BCUT2D eigenvalue weighted by Crippen LogP contribution is -2.29. The van der Waals surface area contributed by atoms with Gasteiger partial charge in [-0.1, -0.05) is 47.5 Å². The van der Waals surface area contributed by atoms with Crippen molar-refractivity contribution in [2.24, 2.45) is 0 Å². The van der Waals surface area contributed by atoms with E-state index in [1.165, 1.54) is 5.56 Å². The zero-order valence-electron chi connectivity index (χ0n) is 15.2. The van der Waals surface area contributed by atoms with E-state index in [1.54, 1.807) is 6.07 Å². The zero-order valence-corrected chi connectivity index (χ0v) is 15.9. The predicted octanol–water partition coefficient (Wildman–Crippen LogP) is 3.79. The van der Waals surface area contributed by atoms with Crippen LogP contribution in [-0.2, 0) is 16.1 Å². The smallest absolute Gasteiger partial charge is 0.239 e. The number of aryl methyl sites for hydroxylation is 1. The number of ether oxygens (including phenoxy) is 2. The van der Waals surface area contributed by atoms with Crippen molar-refractivity contribution in [1.82, 2.24) is 5.32 Å². The first-order valence-corrected chi connectivity index (χ1v) is 9.03. The molecule has 2 rings (SSSR count). The van der Waals surface area contributed by atoms with E-state index in [-0.39, 0.29) is 12.5 Å². The molecule has 2 N–H and O–H groups in total. The summed E-state index contributed by atoms with van der Waals surface area (Å²) < 4.78 is 11.0. The Kier molecular flexibility index (Phi) is 8.25. The highest BCUT2D eigenvalue weighted by atomic mass is 35.5. The number of amides is 1. The molecule has 0 heterocycles. The van der Waals surface area contributed by atoms with E-state index in [0.717, 1.165) is 5.56 Å². The molecule has 0 bridgehead atoms. The van der Waals surface area contributed by atoms with Crippen molar-refractivity contribution < 1.29 is 14.3 Å². The van der Waals surface area contributed by atoms with E-state index in [0.29, 0.717) is 42.8 Å². The van der Waals surface area contributed by atoms with E-state index in [4.69, 9.17) is 21.1 Å². The molecule has 0 fully saturated rings. The van der Waals surface area contributed by atoms with Crippen LogP contribution in [0, 0.1) is 6.92 Å². The van der Waals surface area contributed by atoms with Crippen LogP contribution in [0.4, 0.5) is 5.69 Å². The highest BCUT2D eigenvalue weighted by Gasteiger charge is 2.10. The SMILES string of the molecule is CCOCCOc1c(Cl)cccc1NCC(=O)NCc1cccc(C)c1. The molecule has 26 heavy (non-hydrogen) atoms. The standard InChI is InChI=1S/C20H25ClN2O3/c1-3-25-10-11-26-20-17(21)8-5-9-18(20)22-14-19(24)23-13-16-7-4-6-15(2)12-16/h4-9,12,22H,3,10-11,13-14H2,1-2H3,(H,23,24). The number of nitrogens with one attached hydrogen (secondary N) is 2. The number of hydrogen-bond acceptors (Lipinski definition) is 4. The first-order chi connectivity index (χ1) is 12.6. The van der Waals surface area contributed by atoms with Gasteiger partial charge in [-0.25, -0.2) is 0 Å². The largest absolute Gasteiger partial charge is 0.487 e. The van der Waals surface area contributed by atoms with Gasteiger partial charge in [0.15, 0.2) is 5.75 Å². The Hall–Kier alpha value is -2.24. The van der Waals surface area contributed by atoms with Crippen LogP contribution in [0.2, 0.25) is 5.02 Å². The highest BCUT2D eigenvalue weighted by molar-refractivity contribution is 6.32. The maximum absolute atomic E-state index is 12.1. The quantitative estimate of drug-likeness (QED) is 0.619. The van der Waals surface area contributed by atoms with Crippen molar-refractivity contribution in [3.63, 3.8) is 0 Å². The highest BCUT2D eigenvalue weighted by Crippen LogP contribution is 2.32. The van der Waals surface area contributed by atoms with Gasteiger partial charge in [0.1, 0.15) is 6.61 Å². The average molecular weight is 377 g/mol. The number of anilines is 1. The van der Waals surface area contributed by atoms with E-state index < -0.39 is 0 Å². The Morgan fingerprint density at radius 3 is 2.73 bits per heavy atom. The Labute approximate surface area is 159 Å². The van der Waals surface area contributed by atoms with Crippen LogP contribution in [0.15, 0.2) is 42.5 Å². The molecule has 1 amide bonds. The lowest BCUT2D eigenvalue weighted by molar-refractivity contribution is -0.119. The van der Waals surface area contributed by atoms with Gasteiger partial charge in [0.25, 0.3) is 0 Å². The molecule has 0 radical (unpaired) electrons. The zero-order chi connectivity index (χ0) is 18.8.